The zero-order chi connectivity index (χ0) is 16.2. The number of aromatic nitrogens is 6. The van der Waals surface area contributed by atoms with Crippen LogP contribution in [0.4, 0.5) is 5.95 Å². The number of nitrogens with zero attached hydrogens (tertiary/aromatic N) is 6. The van der Waals surface area contributed by atoms with Crippen LogP contribution in [-0.4, -0.2) is 36.5 Å². The average molecular weight is 309 g/mol. The predicted octanol–water partition coefficient (Wildman–Crippen LogP) is 2.17. The molecule has 0 aliphatic rings. The molecule has 0 fully saturated rings. The molecule has 3 rings (SSSR count). The highest BCUT2D eigenvalue weighted by atomic mass is 15.4. The maximum absolute atomic E-state index is 4.56. The first kappa shape index (κ1) is 15.1. The van der Waals surface area contributed by atoms with Crippen LogP contribution in [0.25, 0.3) is 11.3 Å². The summed E-state index contributed by atoms with van der Waals surface area (Å²) in [5, 5.41) is 11.2. The number of anilines is 1. The third-order valence-corrected chi connectivity index (χ3v) is 3.43. The van der Waals surface area contributed by atoms with Gasteiger partial charge in [0.2, 0.25) is 5.95 Å². The Morgan fingerprint density at radius 2 is 1.91 bits per heavy atom. The van der Waals surface area contributed by atoms with Gasteiger partial charge in [-0.1, -0.05) is 5.21 Å². The Bertz CT molecular complexity index is 810. The molecule has 1 N–H and O–H groups in total. The van der Waals surface area contributed by atoms with Crippen LogP contribution in [-0.2, 0) is 6.54 Å². The lowest BCUT2D eigenvalue weighted by molar-refractivity contribution is 0.607. The van der Waals surface area contributed by atoms with Gasteiger partial charge in [-0.2, -0.15) is 0 Å². The molecule has 118 valence electrons. The van der Waals surface area contributed by atoms with Crippen LogP contribution in [0, 0.1) is 20.8 Å². The summed E-state index contributed by atoms with van der Waals surface area (Å²) in [6.45, 7) is 7.28. The molecule has 3 heterocycles. The highest BCUT2D eigenvalue weighted by Crippen LogP contribution is 2.20. The maximum atomic E-state index is 4.56. The monoisotopic (exact) mass is 309 g/mol. The van der Waals surface area contributed by atoms with Crippen molar-refractivity contribution in [2.45, 2.75) is 27.3 Å². The number of nitrogens with one attached hydrogen (secondary N) is 1. The Labute approximate surface area is 134 Å². The molecular weight excluding hydrogens is 290 g/mol. The summed E-state index contributed by atoms with van der Waals surface area (Å²) in [7, 11) is 0. The van der Waals surface area contributed by atoms with Gasteiger partial charge < -0.3 is 5.32 Å². The van der Waals surface area contributed by atoms with Gasteiger partial charge in [0.1, 0.15) is 0 Å². The highest BCUT2D eigenvalue weighted by Gasteiger charge is 2.06. The summed E-state index contributed by atoms with van der Waals surface area (Å²) in [6.07, 6.45) is 3.66. The second kappa shape index (κ2) is 6.51. The van der Waals surface area contributed by atoms with E-state index in [0.29, 0.717) is 19.0 Å². The molecule has 0 atom stereocenters. The molecule has 3 aromatic rings. The Morgan fingerprint density at radius 3 is 2.65 bits per heavy atom. The van der Waals surface area contributed by atoms with E-state index in [4.69, 9.17) is 0 Å². The first-order valence-electron chi connectivity index (χ1n) is 7.50. The van der Waals surface area contributed by atoms with E-state index in [9.17, 15) is 0 Å². The maximum Gasteiger partial charge on any atom is 0.223 e. The fourth-order valence-corrected chi connectivity index (χ4v) is 2.34. The lowest BCUT2D eigenvalue weighted by atomic mass is 10.1. The third-order valence-electron chi connectivity index (χ3n) is 3.43. The second-order valence-electron chi connectivity index (χ2n) is 5.40. The molecule has 0 aromatic carbocycles. The molecule has 23 heavy (non-hydrogen) atoms. The van der Waals surface area contributed by atoms with Crippen molar-refractivity contribution in [1.29, 1.82) is 0 Å². The molecule has 0 unspecified atom stereocenters. The van der Waals surface area contributed by atoms with Crippen molar-refractivity contribution in [3.8, 4) is 11.3 Å². The molecule has 0 saturated carbocycles. The Morgan fingerprint density at radius 1 is 1.04 bits per heavy atom. The Kier molecular flexibility index (Phi) is 4.27. The standard InChI is InChI=1S/C16H19N7/c1-11-4-5-14(13(3)19-11)15-6-7-17-16(20-15)18-8-9-23-10-12(2)21-22-23/h4-7,10H,8-9H2,1-3H3,(H,17,18,20). The minimum atomic E-state index is 0.597. The van der Waals surface area contributed by atoms with Crippen molar-refractivity contribution in [2.75, 3.05) is 11.9 Å². The largest absolute Gasteiger partial charge is 0.352 e. The first-order chi connectivity index (χ1) is 11.1. The number of aryl methyl sites for hydroxylation is 3. The quantitative estimate of drug-likeness (QED) is 0.778. The van der Waals surface area contributed by atoms with Crippen molar-refractivity contribution in [3.63, 3.8) is 0 Å². The third kappa shape index (κ3) is 3.68. The van der Waals surface area contributed by atoms with Crippen molar-refractivity contribution in [2.24, 2.45) is 0 Å². The second-order valence-corrected chi connectivity index (χ2v) is 5.40. The normalized spacial score (nSPS) is 10.7. The van der Waals surface area contributed by atoms with Gasteiger partial charge in [0.25, 0.3) is 0 Å². The average Bonchev–Trinajstić information content (AvgIpc) is 2.93. The van der Waals surface area contributed by atoms with Crippen molar-refractivity contribution < 1.29 is 0 Å². The van der Waals surface area contributed by atoms with E-state index in [0.717, 1.165) is 28.3 Å². The molecular formula is C16H19N7. The van der Waals surface area contributed by atoms with Crippen LogP contribution in [0.5, 0.6) is 0 Å². The zero-order valence-electron chi connectivity index (χ0n) is 13.5. The van der Waals surface area contributed by atoms with Crippen LogP contribution in [0.1, 0.15) is 17.1 Å². The molecule has 0 bridgehead atoms. The lowest BCUT2D eigenvalue weighted by Gasteiger charge is -2.08. The summed E-state index contributed by atoms with van der Waals surface area (Å²) in [5.41, 5.74) is 4.76. The number of hydrogen-bond donors (Lipinski definition) is 1. The lowest BCUT2D eigenvalue weighted by Crippen LogP contribution is -2.13. The highest BCUT2D eigenvalue weighted by molar-refractivity contribution is 5.62. The smallest absolute Gasteiger partial charge is 0.223 e. The van der Waals surface area contributed by atoms with E-state index in [1.807, 2.05) is 45.2 Å². The summed E-state index contributed by atoms with van der Waals surface area (Å²) in [6, 6.07) is 5.93. The number of pyridine rings is 1. The van der Waals surface area contributed by atoms with Crippen LogP contribution >= 0.6 is 0 Å². The summed E-state index contributed by atoms with van der Waals surface area (Å²) in [4.78, 5) is 13.3. The Hall–Kier alpha value is -2.83. The summed E-state index contributed by atoms with van der Waals surface area (Å²) in [5.74, 6) is 0.597. The molecule has 0 aliphatic heterocycles. The molecule has 7 nitrogen and oxygen atoms in total. The molecule has 0 radical (unpaired) electrons. The minimum Gasteiger partial charge on any atom is -0.352 e. The predicted molar refractivity (Wildman–Crippen MR) is 88.0 cm³/mol. The van der Waals surface area contributed by atoms with Gasteiger partial charge in [0, 0.05) is 35.9 Å². The molecule has 0 spiro atoms. The molecule has 0 amide bonds. The van der Waals surface area contributed by atoms with Crippen LogP contribution in [0.3, 0.4) is 0 Å². The topological polar surface area (TPSA) is 81.4 Å². The van der Waals surface area contributed by atoms with Gasteiger partial charge in [-0.15, -0.1) is 5.10 Å². The Balaban J connectivity index is 1.69. The van der Waals surface area contributed by atoms with E-state index in [-0.39, 0.29) is 0 Å². The molecule has 3 aromatic heterocycles. The van der Waals surface area contributed by atoms with Crippen molar-refractivity contribution in [3.05, 3.63) is 47.7 Å². The zero-order valence-corrected chi connectivity index (χ0v) is 13.5. The molecule has 0 aliphatic carbocycles. The van der Waals surface area contributed by atoms with Gasteiger partial charge in [-0.05, 0) is 39.0 Å². The summed E-state index contributed by atoms with van der Waals surface area (Å²) >= 11 is 0. The van der Waals surface area contributed by atoms with Crippen LogP contribution in [0.2, 0.25) is 0 Å². The number of hydrogen-bond acceptors (Lipinski definition) is 6. The van der Waals surface area contributed by atoms with E-state index in [1.54, 1.807) is 10.9 Å². The van der Waals surface area contributed by atoms with Gasteiger partial charge >= 0.3 is 0 Å². The van der Waals surface area contributed by atoms with Gasteiger partial charge in [0.05, 0.1) is 17.9 Å². The van der Waals surface area contributed by atoms with Crippen LogP contribution in [0.15, 0.2) is 30.6 Å². The van der Waals surface area contributed by atoms with Gasteiger partial charge in [-0.3, -0.25) is 9.67 Å². The van der Waals surface area contributed by atoms with E-state index >= 15 is 0 Å². The minimum absolute atomic E-state index is 0.597. The first-order valence-corrected chi connectivity index (χ1v) is 7.50. The van der Waals surface area contributed by atoms with E-state index in [1.165, 1.54) is 0 Å². The summed E-state index contributed by atoms with van der Waals surface area (Å²) < 4.78 is 1.79. The van der Waals surface area contributed by atoms with Crippen LogP contribution < -0.4 is 5.32 Å². The van der Waals surface area contributed by atoms with Crippen molar-refractivity contribution >= 4 is 5.95 Å². The van der Waals surface area contributed by atoms with Gasteiger partial charge in [0.15, 0.2) is 0 Å². The van der Waals surface area contributed by atoms with E-state index in [2.05, 4.69) is 30.6 Å². The number of rotatable bonds is 5. The molecule has 0 saturated heterocycles. The molecule has 7 heteroatoms. The fraction of sp³-hybridized carbons (Fsp3) is 0.312. The fourth-order valence-electron chi connectivity index (χ4n) is 2.34. The van der Waals surface area contributed by atoms with Gasteiger partial charge in [-0.25, -0.2) is 9.97 Å². The SMILES string of the molecule is Cc1cn(CCNc2nccc(-c3ccc(C)nc3C)n2)nn1. The van der Waals surface area contributed by atoms with Crippen molar-refractivity contribution in [1.82, 2.24) is 29.9 Å². The van der Waals surface area contributed by atoms with E-state index < -0.39 is 0 Å².